The minimum Gasteiger partial charge on any atom is -0.400 e. The molecule has 112 valence electrons. The lowest BCUT2D eigenvalue weighted by Crippen LogP contribution is -1.99. The smallest absolute Gasteiger partial charge is 0.131 e. The summed E-state index contributed by atoms with van der Waals surface area (Å²) in [5, 5.41) is 7.00. The Morgan fingerprint density at radius 3 is 2.11 bits per heavy atom. The van der Waals surface area contributed by atoms with Crippen molar-refractivity contribution in [2.75, 3.05) is 13.7 Å². The molecule has 0 amide bonds. The molecule has 2 rings (SSSR count). The van der Waals surface area contributed by atoms with Gasteiger partial charge in [-0.05, 0) is 18.9 Å². The number of hydrogen-bond donors (Lipinski definition) is 1. The van der Waals surface area contributed by atoms with Crippen molar-refractivity contribution in [2.24, 2.45) is 0 Å². The Morgan fingerprint density at radius 1 is 1.11 bits per heavy atom. The fraction of sp³-hybridized carbons (Fsp3) is 0.600. The van der Waals surface area contributed by atoms with Crippen LogP contribution in [0.1, 0.15) is 52.2 Å². The van der Waals surface area contributed by atoms with Gasteiger partial charge in [0.25, 0.3) is 0 Å². The Balaban J connectivity index is 0. The molecule has 1 aliphatic heterocycles. The normalized spacial score (nSPS) is 16.1. The zero-order valence-corrected chi connectivity index (χ0v) is 12.5. The van der Waals surface area contributed by atoms with Crippen LogP contribution in [0.25, 0.3) is 0 Å². The second-order valence-electron chi connectivity index (χ2n) is 3.17. The summed E-state index contributed by atoms with van der Waals surface area (Å²) >= 11 is 0. The van der Waals surface area contributed by atoms with Crippen molar-refractivity contribution in [3.05, 3.63) is 35.4 Å². The minimum absolute atomic E-state index is 0.180. The SMILES string of the molecule is CC.CC.CO.Fc1ccc(C2CCCO2)c(F)c1. The summed E-state index contributed by atoms with van der Waals surface area (Å²) in [6.07, 6.45) is 1.59. The molecule has 0 radical (unpaired) electrons. The molecule has 1 atom stereocenters. The maximum Gasteiger partial charge on any atom is 0.131 e. The van der Waals surface area contributed by atoms with Gasteiger partial charge >= 0.3 is 0 Å². The van der Waals surface area contributed by atoms with Crippen molar-refractivity contribution in [1.29, 1.82) is 0 Å². The molecule has 0 spiro atoms. The minimum atomic E-state index is -0.542. The first-order valence-electron chi connectivity index (χ1n) is 6.78. The van der Waals surface area contributed by atoms with E-state index in [4.69, 9.17) is 9.84 Å². The molecule has 0 saturated carbocycles. The standard InChI is InChI=1S/C10H10F2O.2C2H6.CH4O/c11-7-3-4-8(9(12)6-7)10-2-1-5-13-10;3*1-2/h3-4,6,10H,1-2,5H2;2*1-2H3;2H,1H3. The maximum absolute atomic E-state index is 13.2. The molecular formula is C15H26F2O2. The van der Waals surface area contributed by atoms with Gasteiger partial charge in [0.2, 0.25) is 0 Å². The Labute approximate surface area is 115 Å². The van der Waals surface area contributed by atoms with Crippen LogP contribution in [0.4, 0.5) is 8.78 Å². The molecule has 1 aromatic carbocycles. The summed E-state index contributed by atoms with van der Waals surface area (Å²) in [5.74, 6) is -1.05. The quantitative estimate of drug-likeness (QED) is 0.819. The average molecular weight is 276 g/mol. The van der Waals surface area contributed by atoms with E-state index < -0.39 is 11.6 Å². The topological polar surface area (TPSA) is 29.5 Å². The summed E-state index contributed by atoms with van der Waals surface area (Å²) in [6, 6.07) is 3.62. The van der Waals surface area contributed by atoms with Crippen molar-refractivity contribution < 1.29 is 18.6 Å². The van der Waals surface area contributed by atoms with E-state index in [1.807, 2.05) is 27.7 Å². The van der Waals surface area contributed by atoms with Gasteiger partial charge in [-0.3, -0.25) is 0 Å². The molecule has 19 heavy (non-hydrogen) atoms. The van der Waals surface area contributed by atoms with Crippen LogP contribution < -0.4 is 0 Å². The molecule has 1 N–H and O–H groups in total. The molecule has 1 unspecified atom stereocenters. The average Bonchev–Trinajstić information content (AvgIpc) is 2.99. The fourth-order valence-electron chi connectivity index (χ4n) is 1.59. The summed E-state index contributed by atoms with van der Waals surface area (Å²) < 4.78 is 31.0. The van der Waals surface area contributed by atoms with Gasteiger partial charge in [-0.25, -0.2) is 8.78 Å². The van der Waals surface area contributed by atoms with Crippen molar-refractivity contribution in [1.82, 2.24) is 0 Å². The summed E-state index contributed by atoms with van der Waals surface area (Å²) in [6.45, 7) is 8.67. The van der Waals surface area contributed by atoms with E-state index in [0.717, 1.165) is 26.0 Å². The van der Waals surface area contributed by atoms with E-state index in [2.05, 4.69) is 0 Å². The molecule has 1 aliphatic rings. The third kappa shape index (κ3) is 7.23. The van der Waals surface area contributed by atoms with Crippen molar-refractivity contribution in [3.8, 4) is 0 Å². The fourth-order valence-corrected chi connectivity index (χ4v) is 1.59. The van der Waals surface area contributed by atoms with Crippen LogP contribution in [0.2, 0.25) is 0 Å². The Kier molecular flexibility index (Phi) is 14.4. The predicted molar refractivity (Wildman–Crippen MR) is 75.1 cm³/mol. The third-order valence-corrected chi connectivity index (χ3v) is 2.24. The zero-order valence-electron chi connectivity index (χ0n) is 12.5. The zero-order chi connectivity index (χ0) is 15.3. The van der Waals surface area contributed by atoms with Crippen LogP contribution in [0.15, 0.2) is 18.2 Å². The van der Waals surface area contributed by atoms with Gasteiger partial charge in [-0.15, -0.1) is 0 Å². The molecule has 1 fully saturated rings. The van der Waals surface area contributed by atoms with Crippen LogP contribution in [0, 0.1) is 11.6 Å². The van der Waals surface area contributed by atoms with Gasteiger partial charge in [0.1, 0.15) is 11.6 Å². The lowest BCUT2D eigenvalue weighted by Gasteiger charge is -2.10. The van der Waals surface area contributed by atoms with E-state index >= 15 is 0 Å². The number of halogens is 2. The van der Waals surface area contributed by atoms with Gasteiger partial charge < -0.3 is 9.84 Å². The van der Waals surface area contributed by atoms with E-state index in [-0.39, 0.29) is 6.10 Å². The summed E-state index contributed by atoms with van der Waals surface area (Å²) in [5.41, 5.74) is 0.471. The Hall–Kier alpha value is -1.00. The first kappa shape index (κ1) is 20.3. The predicted octanol–water partition coefficient (Wildman–Crippen LogP) is 4.48. The largest absolute Gasteiger partial charge is 0.400 e. The van der Waals surface area contributed by atoms with Gasteiger partial charge in [0.15, 0.2) is 0 Å². The van der Waals surface area contributed by atoms with E-state index in [9.17, 15) is 8.78 Å². The number of benzene rings is 1. The lowest BCUT2D eigenvalue weighted by atomic mass is 10.1. The third-order valence-electron chi connectivity index (χ3n) is 2.24. The first-order valence-corrected chi connectivity index (χ1v) is 6.78. The second kappa shape index (κ2) is 13.4. The second-order valence-corrected chi connectivity index (χ2v) is 3.17. The van der Waals surface area contributed by atoms with Crippen molar-refractivity contribution >= 4 is 0 Å². The number of rotatable bonds is 1. The lowest BCUT2D eigenvalue weighted by molar-refractivity contribution is 0.109. The monoisotopic (exact) mass is 276 g/mol. The van der Waals surface area contributed by atoms with Crippen LogP contribution >= 0.6 is 0 Å². The number of aliphatic hydroxyl groups is 1. The summed E-state index contributed by atoms with van der Waals surface area (Å²) in [7, 11) is 1.00. The number of ether oxygens (including phenoxy) is 1. The van der Waals surface area contributed by atoms with Crippen molar-refractivity contribution in [3.63, 3.8) is 0 Å². The van der Waals surface area contributed by atoms with Crippen LogP contribution in [-0.4, -0.2) is 18.8 Å². The van der Waals surface area contributed by atoms with Crippen LogP contribution in [0.5, 0.6) is 0 Å². The molecule has 0 aliphatic carbocycles. The molecular weight excluding hydrogens is 250 g/mol. The Bertz CT molecular complexity index is 311. The summed E-state index contributed by atoms with van der Waals surface area (Å²) in [4.78, 5) is 0. The highest BCUT2D eigenvalue weighted by atomic mass is 19.1. The van der Waals surface area contributed by atoms with Gasteiger partial charge in [0.05, 0.1) is 6.10 Å². The molecule has 4 heteroatoms. The Morgan fingerprint density at radius 2 is 1.68 bits per heavy atom. The highest BCUT2D eigenvalue weighted by Gasteiger charge is 2.20. The number of hydrogen-bond acceptors (Lipinski definition) is 2. The number of aliphatic hydroxyl groups excluding tert-OH is 1. The molecule has 0 bridgehead atoms. The highest BCUT2D eigenvalue weighted by Crippen LogP contribution is 2.30. The molecule has 1 aromatic rings. The van der Waals surface area contributed by atoms with Gasteiger partial charge in [-0.1, -0.05) is 33.8 Å². The first-order chi connectivity index (χ1) is 9.27. The molecule has 0 aromatic heterocycles. The van der Waals surface area contributed by atoms with E-state index in [1.165, 1.54) is 12.1 Å². The van der Waals surface area contributed by atoms with Crippen LogP contribution in [-0.2, 0) is 4.74 Å². The maximum atomic E-state index is 13.2. The van der Waals surface area contributed by atoms with E-state index in [0.29, 0.717) is 12.2 Å². The van der Waals surface area contributed by atoms with E-state index in [1.54, 1.807) is 0 Å². The highest BCUT2D eigenvalue weighted by molar-refractivity contribution is 5.21. The van der Waals surface area contributed by atoms with Gasteiger partial charge in [0, 0.05) is 25.3 Å². The van der Waals surface area contributed by atoms with Crippen LogP contribution in [0.3, 0.4) is 0 Å². The van der Waals surface area contributed by atoms with Crippen molar-refractivity contribution in [2.45, 2.75) is 46.6 Å². The molecule has 1 saturated heterocycles. The van der Waals surface area contributed by atoms with Gasteiger partial charge in [-0.2, -0.15) is 0 Å². The molecule has 1 heterocycles. The molecule has 2 nitrogen and oxygen atoms in total.